The molecular weight excluding hydrogens is 338 g/mol. The van der Waals surface area contributed by atoms with E-state index >= 15 is 0 Å². The van der Waals surface area contributed by atoms with Crippen LogP contribution >= 0.6 is 0 Å². The number of carbonyl (C=O) groups is 1. The number of hydrogen-bond acceptors (Lipinski definition) is 4. The Morgan fingerprint density at radius 1 is 1.19 bits per heavy atom. The zero-order chi connectivity index (χ0) is 18.4. The van der Waals surface area contributed by atoms with Crippen LogP contribution in [-0.2, 0) is 23.2 Å². The summed E-state index contributed by atoms with van der Waals surface area (Å²) in [7, 11) is 0. The number of rotatable bonds is 4. The van der Waals surface area contributed by atoms with Gasteiger partial charge < -0.3 is 9.32 Å². The Labute approximate surface area is 158 Å². The highest BCUT2D eigenvalue weighted by Crippen LogP contribution is 2.56. The van der Waals surface area contributed by atoms with Crippen LogP contribution in [0.3, 0.4) is 0 Å². The fourth-order valence-electron chi connectivity index (χ4n) is 4.87. The van der Waals surface area contributed by atoms with Gasteiger partial charge in [-0.25, -0.2) is 0 Å². The van der Waals surface area contributed by atoms with Crippen molar-refractivity contribution in [3.05, 3.63) is 59.8 Å². The number of nitrogens with zero attached hydrogens (tertiary/aromatic N) is 3. The molecule has 2 aliphatic rings. The monoisotopic (exact) mass is 361 g/mol. The van der Waals surface area contributed by atoms with Crippen LogP contribution < -0.4 is 0 Å². The highest BCUT2D eigenvalue weighted by Gasteiger charge is 2.60. The third kappa shape index (κ3) is 2.41. The van der Waals surface area contributed by atoms with Crippen molar-refractivity contribution in [2.75, 3.05) is 6.54 Å². The molecule has 5 rings (SSSR count). The van der Waals surface area contributed by atoms with Gasteiger partial charge in [-0.2, -0.15) is 0 Å². The molecule has 1 saturated carbocycles. The lowest BCUT2D eigenvalue weighted by Gasteiger charge is -2.47. The van der Waals surface area contributed by atoms with Crippen molar-refractivity contribution in [3.63, 3.8) is 0 Å². The van der Waals surface area contributed by atoms with E-state index in [4.69, 9.17) is 4.42 Å². The van der Waals surface area contributed by atoms with Gasteiger partial charge in [0.15, 0.2) is 0 Å². The molecule has 5 nitrogen and oxygen atoms in total. The van der Waals surface area contributed by atoms with Crippen LogP contribution in [0, 0.1) is 5.92 Å². The molecule has 1 amide bonds. The van der Waals surface area contributed by atoms with E-state index in [1.807, 2.05) is 30.0 Å². The van der Waals surface area contributed by atoms with Crippen molar-refractivity contribution in [1.82, 2.24) is 15.1 Å². The number of benzene rings is 2. The first-order valence-electron chi connectivity index (χ1n) is 9.82. The highest BCUT2D eigenvalue weighted by molar-refractivity contribution is 5.90. The molecule has 1 aliphatic heterocycles. The summed E-state index contributed by atoms with van der Waals surface area (Å²) in [5.41, 5.74) is 0.707. The van der Waals surface area contributed by atoms with Gasteiger partial charge in [0.05, 0.1) is 6.42 Å². The van der Waals surface area contributed by atoms with E-state index in [1.54, 1.807) is 0 Å². The molecule has 2 atom stereocenters. The quantitative estimate of drug-likeness (QED) is 0.708. The van der Waals surface area contributed by atoms with E-state index < -0.39 is 0 Å². The Morgan fingerprint density at radius 3 is 2.81 bits per heavy atom. The predicted octanol–water partition coefficient (Wildman–Crippen LogP) is 3.87. The number of fused-ring (bicyclic) bond motifs is 2. The second-order valence-corrected chi connectivity index (χ2v) is 7.66. The number of carbonyl (C=O) groups excluding carboxylic acids is 1. The second kappa shape index (κ2) is 6.19. The van der Waals surface area contributed by atoms with Crippen LogP contribution in [-0.4, -0.2) is 27.5 Å². The number of amides is 1. The predicted molar refractivity (Wildman–Crippen MR) is 102 cm³/mol. The van der Waals surface area contributed by atoms with Crippen LogP contribution in [0.4, 0.5) is 0 Å². The molecule has 27 heavy (non-hydrogen) atoms. The van der Waals surface area contributed by atoms with Crippen molar-refractivity contribution in [3.8, 4) is 0 Å². The van der Waals surface area contributed by atoms with Gasteiger partial charge >= 0.3 is 0 Å². The van der Waals surface area contributed by atoms with Gasteiger partial charge in [-0.1, -0.05) is 49.4 Å². The summed E-state index contributed by atoms with van der Waals surface area (Å²) >= 11 is 0. The van der Waals surface area contributed by atoms with Crippen molar-refractivity contribution in [1.29, 1.82) is 0 Å². The summed E-state index contributed by atoms with van der Waals surface area (Å²) in [6.07, 6.45) is 4.19. The summed E-state index contributed by atoms with van der Waals surface area (Å²) in [6, 6.07) is 14.4. The van der Waals surface area contributed by atoms with E-state index in [2.05, 4.69) is 34.5 Å². The van der Waals surface area contributed by atoms with E-state index in [-0.39, 0.29) is 11.4 Å². The first kappa shape index (κ1) is 16.5. The van der Waals surface area contributed by atoms with Crippen molar-refractivity contribution in [2.45, 2.75) is 44.6 Å². The fraction of sp³-hybridized carbons (Fsp3) is 0.409. The smallest absolute Gasteiger partial charge is 0.242 e. The molecule has 2 aromatic carbocycles. The van der Waals surface area contributed by atoms with E-state index in [9.17, 15) is 4.79 Å². The van der Waals surface area contributed by atoms with E-state index in [1.165, 1.54) is 5.39 Å². The van der Waals surface area contributed by atoms with Gasteiger partial charge in [0.2, 0.25) is 17.7 Å². The molecular formula is C22H23N3O2. The highest BCUT2D eigenvalue weighted by atomic mass is 16.4. The molecule has 5 heteroatoms. The van der Waals surface area contributed by atoms with Gasteiger partial charge in [0.1, 0.15) is 5.54 Å². The molecule has 0 spiro atoms. The van der Waals surface area contributed by atoms with Crippen molar-refractivity contribution < 1.29 is 9.21 Å². The average molecular weight is 361 g/mol. The van der Waals surface area contributed by atoms with Crippen molar-refractivity contribution in [2.24, 2.45) is 5.92 Å². The lowest BCUT2D eigenvalue weighted by atomic mass is 9.67. The maximum Gasteiger partial charge on any atom is 0.242 e. The van der Waals surface area contributed by atoms with Crippen molar-refractivity contribution >= 4 is 16.7 Å². The Morgan fingerprint density at radius 2 is 2.04 bits per heavy atom. The van der Waals surface area contributed by atoms with Crippen LogP contribution in [0.5, 0.6) is 0 Å². The molecule has 138 valence electrons. The molecule has 1 saturated heterocycles. The first-order valence-corrected chi connectivity index (χ1v) is 9.82. The van der Waals surface area contributed by atoms with Gasteiger partial charge in [-0.3, -0.25) is 4.79 Å². The SMILES string of the molecule is CCc1nnc([C@]23CC[C@H]2CCN3C(=O)Cc2cccc3ccccc23)o1. The normalized spacial score (nSPS) is 24.0. The second-order valence-electron chi connectivity index (χ2n) is 7.66. The third-order valence-electron chi connectivity index (χ3n) is 6.39. The Kier molecular flexibility index (Phi) is 3.78. The minimum absolute atomic E-state index is 0.157. The molecule has 2 heterocycles. The lowest BCUT2D eigenvalue weighted by molar-refractivity contribution is -0.141. The summed E-state index contributed by atoms with van der Waals surface area (Å²) in [5.74, 6) is 1.89. The van der Waals surface area contributed by atoms with Crippen LogP contribution in [0.15, 0.2) is 46.9 Å². The molecule has 3 aromatic rings. The maximum atomic E-state index is 13.3. The minimum atomic E-state index is -0.373. The van der Waals surface area contributed by atoms with Gasteiger partial charge in [0.25, 0.3) is 0 Å². The summed E-state index contributed by atoms with van der Waals surface area (Å²) in [4.78, 5) is 15.4. The zero-order valence-electron chi connectivity index (χ0n) is 15.5. The van der Waals surface area contributed by atoms with E-state index in [0.29, 0.717) is 24.1 Å². The molecule has 1 aliphatic carbocycles. The average Bonchev–Trinajstić information content (AvgIpc) is 3.25. The van der Waals surface area contributed by atoms with Crippen LogP contribution in [0.2, 0.25) is 0 Å². The summed E-state index contributed by atoms with van der Waals surface area (Å²) in [6.45, 7) is 2.78. The van der Waals surface area contributed by atoms with Crippen LogP contribution in [0.1, 0.15) is 43.5 Å². The number of aromatic nitrogens is 2. The summed E-state index contributed by atoms with van der Waals surface area (Å²) in [5, 5.41) is 10.8. The van der Waals surface area contributed by atoms with Gasteiger partial charge in [-0.05, 0) is 41.5 Å². The number of aryl methyl sites for hydroxylation is 1. The Bertz CT molecular complexity index is 1010. The fourth-order valence-corrected chi connectivity index (χ4v) is 4.87. The standard InChI is InChI=1S/C22H23N3O2/c1-2-19-23-24-21(27-19)22-12-10-17(22)11-13-25(22)20(26)14-16-8-5-7-15-6-3-4-9-18(15)16/h3-9,17H,2,10-14H2,1H3/t17-,22-/m0/s1. The summed E-state index contributed by atoms with van der Waals surface area (Å²) < 4.78 is 5.93. The molecule has 0 unspecified atom stereocenters. The molecule has 0 bridgehead atoms. The molecule has 0 radical (unpaired) electrons. The Balaban J connectivity index is 1.47. The third-order valence-corrected chi connectivity index (χ3v) is 6.39. The zero-order valence-corrected chi connectivity index (χ0v) is 15.5. The molecule has 1 aromatic heterocycles. The molecule has 0 N–H and O–H groups in total. The number of hydrogen-bond donors (Lipinski definition) is 0. The topological polar surface area (TPSA) is 59.2 Å². The van der Waals surface area contributed by atoms with Gasteiger partial charge in [0, 0.05) is 13.0 Å². The van der Waals surface area contributed by atoms with E-state index in [0.717, 1.165) is 43.2 Å². The molecule has 2 fully saturated rings. The first-order chi connectivity index (χ1) is 13.2. The minimum Gasteiger partial charge on any atom is -0.423 e. The lowest BCUT2D eigenvalue weighted by Crippen LogP contribution is -2.54. The largest absolute Gasteiger partial charge is 0.423 e. The maximum absolute atomic E-state index is 13.3. The van der Waals surface area contributed by atoms with Crippen LogP contribution in [0.25, 0.3) is 10.8 Å². The van der Waals surface area contributed by atoms with Gasteiger partial charge in [-0.15, -0.1) is 10.2 Å². The number of likely N-dealkylation sites (tertiary alicyclic amines) is 1. The Hall–Kier alpha value is -2.69.